The van der Waals surface area contributed by atoms with Crippen LogP contribution in [0.25, 0.3) is 0 Å². The normalized spacial score (nSPS) is 19.4. The number of rotatable bonds is 6. The summed E-state index contributed by atoms with van der Waals surface area (Å²) >= 11 is 0. The number of likely N-dealkylation sites (N-methyl/N-ethyl adjacent to an activating group) is 1. The Bertz CT molecular complexity index is 413. The molecule has 3 atom stereocenters. The summed E-state index contributed by atoms with van der Waals surface area (Å²) in [7, 11) is 2.03. The molecule has 0 fully saturated rings. The van der Waals surface area contributed by atoms with E-state index in [0.717, 1.165) is 18.8 Å². The number of nitrogens with one attached hydrogen (secondary N) is 1. The lowest BCUT2D eigenvalue weighted by atomic mass is 9.79. The zero-order valence-electron chi connectivity index (χ0n) is 12.2. The third-order valence-electron chi connectivity index (χ3n) is 4.15. The van der Waals surface area contributed by atoms with Crippen molar-refractivity contribution in [2.45, 2.75) is 38.6 Å². The molecular formula is C17H25NO. The van der Waals surface area contributed by atoms with Crippen LogP contribution in [0.3, 0.4) is 0 Å². The Hall–Kier alpha value is -1.28. The second-order valence-corrected chi connectivity index (χ2v) is 5.33. The molecule has 1 aliphatic rings. The summed E-state index contributed by atoms with van der Waals surface area (Å²) in [6.07, 6.45) is 4.44. The maximum atomic E-state index is 5.80. The predicted octanol–water partition coefficient (Wildman–Crippen LogP) is 3.71. The predicted molar refractivity (Wildman–Crippen MR) is 80.1 cm³/mol. The van der Waals surface area contributed by atoms with E-state index < -0.39 is 0 Å². The average molecular weight is 259 g/mol. The van der Waals surface area contributed by atoms with Crippen molar-refractivity contribution in [3.8, 4) is 0 Å². The van der Waals surface area contributed by atoms with E-state index in [0.29, 0.717) is 11.8 Å². The molecule has 2 heteroatoms. The zero-order valence-corrected chi connectivity index (χ0v) is 12.2. The molecule has 104 valence electrons. The van der Waals surface area contributed by atoms with Crippen molar-refractivity contribution in [2.75, 3.05) is 13.7 Å². The molecule has 0 amide bonds. The molecule has 0 spiro atoms. The maximum Gasteiger partial charge on any atom is 0.110 e. The molecule has 0 saturated heterocycles. The van der Waals surface area contributed by atoms with Gasteiger partial charge in [0, 0.05) is 12.3 Å². The van der Waals surface area contributed by atoms with Gasteiger partial charge in [-0.05, 0) is 24.6 Å². The Kier molecular flexibility index (Phi) is 5.03. The lowest BCUT2D eigenvalue weighted by Crippen LogP contribution is -2.37. The van der Waals surface area contributed by atoms with Crippen molar-refractivity contribution in [2.24, 2.45) is 5.92 Å². The van der Waals surface area contributed by atoms with E-state index in [-0.39, 0.29) is 6.04 Å². The van der Waals surface area contributed by atoms with Gasteiger partial charge in [-0.15, -0.1) is 0 Å². The van der Waals surface area contributed by atoms with Gasteiger partial charge in [0.25, 0.3) is 0 Å². The van der Waals surface area contributed by atoms with Crippen molar-refractivity contribution >= 4 is 0 Å². The quantitative estimate of drug-likeness (QED) is 0.841. The Labute approximate surface area is 116 Å². The fourth-order valence-electron chi connectivity index (χ4n) is 2.93. The number of hydrogen-bond acceptors (Lipinski definition) is 2. The summed E-state index contributed by atoms with van der Waals surface area (Å²) in [5.41, 5.74) is 1.40. The molecule has 19 heavy (non-hydrogen) atoms. The first-order valence-corrected chi connectivity index (χ1v) is 7.33. The topological polar surface area (TPSA) is 21.3 Å². The highest BCUT2D eigenvalue weighted by Gasteiger charge is 2.31. The molecule has 1 aromatic carbocycles. The zero-order chi connectivity index (χ0) is 13.7. The van der Waals surface area contributed by atoms with Crippen LogP contribution in [-0.4, -0.2) is 19.7 Å². The van der Waals surface area contributed by atoms with Gasteiger partial charge in [-0.2, -0.15) is 0 Å². The van der Waals surface area contributed by atoms with Crippen molar-refractivity contribution < 1.29 is 4.74 Å². The summed E-state index contributed by atoms with van der Waals surface area (Å²) in [5, 5.41) is 3.46. The van der Waals surface area contributed by atoms with Crippen molar-refractivity contribution in [3.05, 3.63) is 47.7 Å². The standard InChI is InChI=1S/C17H25NO/c1-4-13(2)16(14-9-6-5-7-10-14)17(18-3)15-11-8-12-19-15/h5-7,9-11,13,16-18H,4,8,12H2,1-3H3. The summed E-state index contributed by atoms with van der Waals surface area (Å²) in [4.78, 5) is 0. The van der Waals surface area contributed by atoms with Gasteiger partial charge in [-0.25, -0.2) is 0 Å². The van der Waals surface area contributed by atoms with Crippen LogP contribution >= 0.6 is 0 Å². The Morgan fingerprint density at radius 3 is 2.53 bits per heavy atom. The lowest BCUT2D eigenvalue weighted by Gasteiger charge is -2.32. The molecule has 0 aliphatic carbocycles. The van der Waals surface area contributed by atoms with E-state index in [4.69, 9.17) is 4.74 Å². The van der Waals surface area contributed by atoms with Crippen LogP contribution in [0.15, 0.2) is 42.2 Å². The van der Waals surface area contributed by atoms with Crippen molar-refractivity contribution in [1.29, 1.82) is 0 Å². The van der Waals surface area contributed by atoms with Gasteiger partial charge < -0.3 is 10.1 Å². The first-order chi connectivity index (χ1) is 9.27. The van der Waals surface area contributed by atoms with Crippen LogP contribution in [0, 0.1) is 5.92 Å². The molecule has 1 N–H and O–H groups in total. The molecule has 0 saturated carbocycles. The van der Waals surface area contributed by atoms with E-state index >= 15 is 0 Å². The Morgan fingerprint density at radius 1 is 1.26 bits per heavy atom. The van der Waals surface area contributed by atoms with E-state index in [1.807, 2.05) is 7.05 Å². The molecule has 1 aliphatic heterocycles. The highest BCUT2D eigenvalue weighted by molar-refractivity contribution is 5.26. The van der Waals surface area contributed by atoms with Crippen LogP contribution < -0.4 is 5.32 Å². The van der Waals surface area contributed by atoms with Gasteiger partial charge in [0.2, 0.25) is 0 Å². The van der Waals surface area contributed by atoms with Crippen LogP contribution in [0.1, 0.15) is 38.2 Å². The van der Waals surface area contributed by atoms with Crippen LogP contribution in [0.5, 0.6) is 0 Å². The number of hydrogen-bond donors (Lipinski definition) is 1. The van der Waals surface area contributed by atoms with Crippen LogP contribution in [0.4, 0.5) is 0 Å². The maximum absolute atomic E-state index is 5.80. The molecule has 0 aromatic heterocycles. The minimum Gasteiger partial charge on any atom is -0.496 e. The van der Waals surface area contributed by atoms with Gasteiger partial charge in [0.05, 0.1) is 12.6 Å². The fraction of sp³-hybridized carbons (Fsp3) is 0.529. The molecular weight excluding hydrogens is 234 g/mol. The highest BCUT2D eigenvalue weighted by atomic mass is 16.5. The largest absolute Gasteiger partial charge is 0.496 e. The number of ether oxygens (including phenoxy) is 1. The first kappa shape index (κ1) is 14.1. The minimum atomic E-state index is 0.278. The van der Waals surface area contributed by atoms with E-state index in [1.54, 1.807) is 0 Å². The van der Waals surface area contributed by atoms with E-state index in [9.17, 15) is 0 Å². The number of benzene rings is 1. The summed E-state index contributed by atoms with van der Waals surface area (Å²) < 4.78 is 5.80. The summed E-state index contributed by atoms with van der Waals surface area (Å²) in [6, 6.07) is 11.1. The molecule has 3 unspecified atom stereocenters. The van der Waals surface area contributed by atoms with Gasteiger partial charge in [-0.3, -0.25) is 0 Å². The Morgan fingerprint density at radius 2 is 2.00 bits per heavy atom. The summed E-state index contributed by atoms with van der Waals surface area (Å²) in [6.45, 7) is 5.42. The van der Waals surface area contributed by atoms with Gasteiger partial charge >= 0.3 is 0 Å². The molecule has 2 nitrogen and oxygen atoms in total. The van der Waals surface area contributed by atoms with E-state index in [1.165, 1.54) is 12.0 Å². The molecule has 0 radical (unpaired) electrons. The second kappa shape index (κ2) is 6.76. The average Bonchev–Trinajstić information content (AvgIpc) is 2.98. The lowest BCUT2D eigenvalue weighted by molar-refractivity contribution is 0.197. The molecule has 0 bridgehead atoms. The smallest absolute Gasteiger partial charge is 0.110 e. The fourth-order valence-corrected chi connectivity index (χ4v) is 2.93. The SMILES string of the molecule is CCC(C)C(c1ccccc1)C(NC)C1=CCCO1. The molecule has 1 heterocycles. The van der Waals surface area contributed by atoms with Crippen molar-refractivity contribution in [1.82, 2.24) is 5.32 Å². The van der Waals surface area contributed by atoms with Crippen LogP contribution in [-0.2, 0) is 4.74 Å². The Balaban J connectivity index is 2.30. The van der Waals surface area contributed by atoms with Crippen molar-refractivity contribution in [3.63, 3.8) is 0 Å². The molecule has 1 aromatic rings. The second-order valence-electron chi connectivity index (χ2n) is 5.33. The molecule has 2 rings (SSSR count). The highest BCUT2D eigenvalue weighted by Crippen LogP contribution is 2.34. The van der Waals surface area contributed by atoms with E-state index in [2.05, 4.69) is 55.6 Å². The van der Waals surface area contributed by atoms with Gasteiger partial charge in [0.15, 0.2) is 0 Å². The van der Waals surface area contributed by atoms with Crippen LogP contribution in [0.2, 0.25) is 0 Å². The summed E-state index contributed by atoms with van der Waals surface area (Å²) in [5.74, 6) is 2.20. The van der Waals surface area contributed by atoms with Gasteiger partial charge in [-0.1, -0.05) is 50.6 Å². The minimum absolute atomic E-state index is 0.278. The monoisotopic (exact) mass is 259 g/mol. The first-order valence-electron chi connectivity index (χ1n) is 7.33. The third kappa shape index (κ3) is 3.19. The van der Waals surface area contributed by atoms with Gasteiger partial charge in [0.1, 0.15) is 5.76 Å². The third-order valence-corrected chi connectivity index (χ3v) is 4.15.